The average Bonchev–Trinajstić information content (AvgIpc) is 3.25. The molecule has 0 aromatic heterocycles. The molecule has 5 nitrogen and oxygen atoms in total. The SMILES string of the molecule is COc1cc([C@@H](C)C[C@H]2CC[C@@H](c3ccc(CC(=O)CCCCS(N)(=O)=O)cc3)C2)ccc1F. The number of hydrogen-bond donors (Lipinski definition) is 1. The lowest BCUT2D eigenvalue weighted by Gasteiger charge is -2.18. The third kappa shape index (κ3) is 7.91. The first-order chi connectivity index (χ1) is 16.1. The lowest BCUT2D eigenvalue weighted by molar-refractivity contribution is -0.118. The van der Waals surface area contributed by atoms with E-state index < -0.39 is 10.0 Å². The van der Waals surface area contributed by atoms with Gasteiger partial charge in [0.05, 0.1) is 12.9 Å². The van der Waals surface area contributed by atoms with Gasteiger partial charge >= 0.3 is 0 Å². The van der Waals surface area contributed by atoms with Crippen molar-refractivity contribution in [2.45, 2.75) is 70.1 Å². The Balaban J connectivity index is 1.46. The molecule has 186 valence electrons. The van der Waals surface area contributed by atoms with Crippen molar-refractivity contribution in [1.82, 2.24) is 0 Å². The second kappa shape index (κ2) is 11.9. The first-order valence-corrected chi connectivity index (χ1v) is 13.8. The number of sulfonamides is 1. The van der Waals surface area contributed by atoms with Gasteiger partial charge in [0, 0.05) is 12.8 Å². The number of carbonyl (C=O) groups is 1. The molecule has 1 aliphatic rings. The predicted molar refractivity (Wildman–Crippen MR) is 133 cm³/mol. The van der Waals surface area contributed by atoms with Crippen molar-refractivity contribution in [2.75, 3.05) is 12.9 Å². The molecule has 0 spiro atoms. The second-order valence-electron chi connectivity index (χ2n) is 9.69. The maximum absolute atomic E-state index is 13.7. The van der Waals surface area contributed by atoms with Crippen molar-refractivity contribution >= 4 is 15.8 Å². The molecule has 0 saturated heterocycles. The Labute approximate surface area is 202 Å². The number of ketones is 1. The summed E-state index contributed by atoms with van der Waals surface area (Å²) in [4.78, 5) is 12.2. The minimum absolute atomic E-state index is 0.0752. The van der Waals surface area contributed by atoms with Crippen LogP contribution in [-0.2, 0) is 21.2 Å². The summed E-state index contributed by atoms with van der Waals surface area (Å²) in [5.41, 5.74) is 3.43. The van der Waals surface area contributed by atoms with Crippen LogP contribution in [-0.4, -0.2) is 27.1 Å². The molecule has 2 aromatic rings. The maximum Gasteiger partial charge on any atom is 0.209 e. The number of ether oxygens (including phenoxy) is 1. The van der Waals surface area contributed by atoms with Crippen LogP contribution in [0.4, 0.5) is 4.39 Å². The molecule has 2 N–H and O–H groups in total. The van der Waals surface area contributed by atoms with Gasteiger partial charge in [-0.1, -0.05) is 37.3 Å². The lowest BCUT2D eigenvalue weighted by atomic mass is 9.87. The van der Waals surface area contributed by atoms with E-state index in [9.17, 15) is 17.6 Å². The number of rotatable bonds is 12. The van der Waals surface area contributed by atoms with E-state index in [0.717, 1.165) is 30.4 Å². The first kappa shape index (κ1) is 26.4. The van der Waals surface area contributed by atoms with Crippen molar-refractivity contribution in [3.63, 3.8) is 0 Å². The zero-order valence-corrected chi connectivity index (χ0v) is 21.0. The van der Waals surface area contributed by atoms with Crippen LogP contribution in [0.2, 0.25) is 0 Å². The van der Waals surface area contributed by atoms with E-state index in [0.29, 0.717) is 49.2 Å². The van der Waals surface area contributed by atoms with Crippen molar-refractivity contribution in [1.29, 1.82) is 0 Å². The van der Waals surface area contributed by atoms with Crippen LogP contribution in [0.3, 0.4) is 0 Å². The van der Waals surface area contributed by atoms with E-state index in [2.05, 4.69) is 19.1 Å². The first-order valence-electron chi connectivity index (χ1n) is 12.1. The number of unbranched alkanes of at least 4 members (excludes halogenated alkanes) is 1. The Hall–Kier alpha value is -2.25. The van der Waals surface area contributed by atoms with Gasteiger partial charge in [-0.2, -0.15) is 0 Å². The van der Waals surface area contributed by atoms with Gasteiger partial charge in [-0.15, -0.1) is 0 Å². The minimum Gasteiger partial charge on any atom is -0.494 e. The maximum atomic E-state index is 13.7. The van der Waals surface area contributed by atoms with Gasteiger partial charge in [0.2, 0.25) is 10.0 Å². The highest BCUT2D eigenvalue weighted by Gasteiger charge is 2.27. The van der Waals surface area contributed by atoms with Crippen molar-refractivity contribution < 1.29 is 22.3 Å². The van der Waals surface area contributed by atoms with Crippen LogP contribution in [0.25, 0.3) is 0 Å². The number of hydrogen-bond acceptors (Lipinski definition) is 4. The van der Waals surface area contributed by atoms with E-state index in [1.165, 1.54) is 25.2 Å². The predicted octanol–water partition coefficient (Wildman–Crippen LogP) is 5.48. The Morgan fingerprint density at radius 2 is 1.88 bits per heavy atom. The highest BCUT2D eigenvalue weighted by atomic mass is 32.2. The average molecular weight is 490 g/mol. The molecule has 3 rings (SSSR count). The van der Waals surface area contributed by atoms with Crippen LogP contribution in [0, 0.1) is 11.7 Å². The number of benzene rings is 2. The third-order valence-corrected chi connectivity index (χ3v) is 7.82. The molecule has 1 saturated carbocycles. The standard InChI is InChI=1S/C27H36FNO4S/c1-19(23-12-13-26(28)27(18-23)33-2)15-21-8-11-24(16-21)22-9-6-20(7-10-22)17-25(30)5-3-4-14-34(29,31)32/h6-7,9-10,12-13,18-19,21,24H,3-5,8,11,14-17H2,1-2H3,(H2,29,31,32)/t19-,21+,24+/m0/s1. The fourth-order valence-corrected chi connectivity index (χ4v) is 5.67. The molecule has 1 fully saturated rings. The highest BCUT2D eigenvalue weighted by molar-refractivity contribution is 7.89. The van der Waals surface area contributed by atoms with Gasteiger partial charge in [0.25, 0.3) is 0 Å². The quantitative estimate of drug-likeness (QED) is 0.400. The highest BCUT2D eigenvalue weighted by Crippen LogP contribution is 2.42. The molecule has 0 amide bonds. The van der Waals surface area contributed by atoms with E-state index in [1.54, 1.807) is 0 Å². The molecule has 7 heteroatoms. The molecule has 34 heavy (non-hydrogen) atoms. The molecular formula is C27H36FNO4S. The monoisotopic (exact) mass is 489 g/mol. The fourth-order valence-electron chi connectivity index (χ4n) is 5.06. The van der Waals surface area contributed by atoms with E-state index in [-0.39, 0.29) is 17.4 Å². The third-order valence-electron chi connectivity index (χ3n) is 6.96. The zero-order chi connectivity index (χ0) is 24.7. The van der Waals surface area contributed by atoms with Crippen molar-refractivity contribution in [3.8, 4) is 5.75 Å². The van der Waals surface area contributed by atoms with Crippen LogP contribution in [0.5, 0.6) is 5.75 Å². The van der Waals surface area contributed by atoms with Gasteiger partial charge in [0.1, 0.15) is 5.78 Å². The molecule has 1 aliphatic carbocycles. The van der Waals surface area contributed by atoms with Crippen LogP contribution in [0.15, 0.2) is 42.5 Å². The van der Waals surface area contributed by atoms with Gasteiger partial charge in [-0.25, -0.2) is 17.9 Å². The summed E-state index contributed by atoms with van der Waals surface area (Å²) < 4.78 is 40.8. The smallest absolute Gasteiger partial charge is 0.209 e. The molecule has 0 radical (unpaired) electrons. The van der Waals surface area contributed by atoms with E-state index in [1.807, 2.05) is 24.3 Å². The summed E-state index contributed by atoms with van der Waals surface area (Å²) in [6, 6.07) is 13.5. The summed E-state index contributed by atoms with van der Waals surface area (Å²) in [6.45, 7) is 2.20. The van der Waals surface area contributed by atoms with Crippen molar-refractivity contribution in [2.24, 2.45) is 11.1 Å². The van der Waals surface area contributed by atoms with Crippen LogP contribution < -0.4 is 9.88 Å². The largest absolute Gasteiger partial charge is 0.494 e. The molecule has 0 heterocycles. The normalized spacial score (nSPS) is 19.2. The van der Waals surface area contributed by atoms with Gasteiger partial charge in [0.15, 0.2) is 11.6 Å². The molecule has 2 aromatic carbocycles. The Morgan fingerprint density at radius 1 is 1.15 bits per heavy atom. The number of methoxy groups -OCH3 is 1. The lowest BCUT2D eigenvalue weighted by Crippen LogP contribution is -2.16. The summed E-state index contributed by atoms with van der Waals surface area (Å²) in [5, 5.41) is 4.99. The number of primary sulfonamides is 1. The van der Waals surface area contributed by atoms with Crippen molar-refractivity contribution in [3.05, 3.63) is 65.0 Å². The summed E-state index contributed by atoms with van der Waals surface area (Å²) in [6.07, 6.45) is 6.27. The van der Waals surface area contributed by atoms with Gasteiger partial charge in [-0.05, 0) is 85.1 Å². The molecule has 3 atom stereocenters. The minimum atomic E-state index is -3.45. The fraction of sp³-hybridized carbons (Fsp3) is 0.519. The van der Waals surface area contributed by atoms with E-state index in [4.69, 9.17) is 9.88 Å². The zero-order valence-electron chi connectivity index (χ0n) is 20.1. The van der Waals surface area contributed by atoms with Gasteiger partial charge in [-0.3, -0.25) is 4.79 Å². The molecule has 0 bridgehead atoms. The second-order valence-corrected chi connectivity index (χ2v) is 11.4. The molecule has 0 aliphatic heterocycles. The van der Waals surface area contributed by atoms with Gasteiger partial charge < -0.3 is 4.74 Å². The molecular weight excluding hydrogens is 453 g/mol. The topological polar surface area (TPSA) is 86.5 Å². The Morgan fingerprint density at radius 3 is 2.56 bits per heavy atom. The number of Topliss-reactive ketones (excluding diaryl/α,β-unsaturated/α-hetero) is 1. The van der Waals surface area contributed by atoms with Crippen LogP contribution in [0.1, 0.15) is 80.4 Å². The van der Waals surface area contributed by atoms with Crippen LogP contribution >= 0.6 is 0 Å². The Bertz CT molecular complexity index is 1070. The Kier molecular flexibility index (Phi) is 9.25. The summed E-state index contributed by atoms with van der Waals surface area (Å²) >= 11 is 0. The number of halogens is 1. The summed E-state index contributed by atoms with van der Waals surface area (Å²) in [5.74, 6) is 1.53. The number of nitrogens with two attached hydrogens (primary N) is 1. The number of carbonyl (C=O) groups excluding carboxylic acids is 1. The summed E-state index contributed by atoms with van der Waals surface area (Å²) in [7, 11) is -1.96. The molecule has 0 unspecified atom stereocenters. The van der Waals surface area contributed by atoms with E-state index >= 15 is 0 Å².